The second-order valence-corrected chi connectivity index (χ2v) is 3.64. The zero-order chi connectivity index (χ0) is 11.8. The van der Waals surface area contributed by atoms with E-state index in [-0.39, 0.29) is 18.0 Å². The average molecular weight is 217 g/mol. The van der Waals surface area contributed by atoms with Gasteiger partial charge in [0.05, 0.1) is 12.6 Å². The van der Waals surface area contributed by atoms with Gasteiger partial charge >= 0.3 is 0 Å². The fraction of sp³-hybridized carbons (Fsp3) is 0.900. The van der Waals surface area contributed by atoms with E-state index in [0.717, 1.165) is 6.54 Å². The number of amides is 1. The molecule has 0 fully saturated rings. The van der Waals surface area contributed by atoms with Gasteiger partial charge in [-0.3, -0.25) is 9.69 Å². The van der Waals surface area contributed by atoms with E-state index in [1.54, 1.807) is 14.2 Å². The van der Waals surface area contributed by atoms with Gasteiger partial charge < -0.3 is 15.8 Å². The number of hydrogen-bond acceptors (Lipinski definition) is 4. The Morgan fingerprint density at radius 3 is 2.53 bits per heavy atom. The summed E-state index contributed by atoms with van der Waals surface area (Å²) in [5.41, 5.74) is 5.26. The smallest absolute Gasteiger partial charge is 0.235 e. The van der Waals surface area contributed by atoms with E-state index in [0.29, 0.717) is 13.2 Å². The lowest BCUT2D eigenvalue weighted by Gasteiger charge is -2.29. The molecule has 0 saturated carbocycles. The molecule has 15 heavy (non-hydrogen) atoms. The second kappa shape index (κ2) is 7.62. The van der Waals surface area contributed by atoms with Gasteiger partial charge in [0.15, 0.2) is 0 Å². The maximum Gasteiger partial charge on any atom is 0.235 e. The number of methoxy groups -OCH3 is 1. The van der Waals surface area contributed by atoms with E-state index in [1.807, 2.05) is 0 Å². The molecule has 1 amide bonds. The quantitative estimate of drug-likeness (QED) is 0.570. The minimum Gasteiger partial charge on any atom is -0.383 e. The molecule has 0 heterocycles. The highest BCUT2D eigenvalue weighted by molar-refractivity contribution is 5.80. The molecule has 0 aliphatic carbocycles. The molecule has 0 saturated heterocycles. The molecule has 0 spiro atoms. The highest BCUT2D eigenvalue weighted by atomic mass is 16.5. The number of primary amides is 1. The third-order valence-corrected chi connectivity index (χ3v) is 2.55. The van der Waals surface area contributed by atoms with Crippen molar-refractivity contribution in [3.05, 3.63) is 0 Å². The molecule has 0 bridgehead atoms. The molecular weight excluding hydrogens is 194 g/mol. The van der Waals surface area contributed by atoms with E-state index >= 15 is 0 Å². The van der Waals surface area contributed by atoms with Crippen molar-refractivity contribution in [2.75, 3.05) is 33.9 Å². The summed E-state index contributed by atoms with van der Waals surface area (Å²) < 4.78 is 5.08. The third-order valence-electron chi connectivity index (χ3n) is 2.55. The fourth-order valence-electron chi connectivity index (χ4n) is 1.53. The Morgan fingerprint density at radius 1 is 1.60 bits per heavy atom. The molecule has 0 radical (unpaired) electrons. The number of ether oxygens (including phenoxy) is 1. The van der Waals surface area contributed by atoms with Gasteiger partial charge in [0.2, 0.25) is 5.91 Å². The zero-order valence-electron chi connectivity index (χ0n) is 10.1. The Labute approximate surface area is 91.9 Å². The number of nitrogens with zero attached hydrogens (tertiary/aromatic N) is 1. The minimum absolute atomic E-state index is 0.287. The van der Waals surface area contributed by atoms with Crippen LogP contribution in [-0.4, -0.2) is 56.7 Å². The molecule has 2 unspecified atom stereocenters. The van der Waals surface area contributed by atoms with Crippen molar-refractivity contribution in [2.24, 2.45) is 5.73 Å². The van der Waals surface area contributed by atoms with Crippen molar-refractivity contribution in [3.8, 4) is 0 Å². The van der Waals surface area contributed by atoms with Crippen LogP contribution in [-0.2, 0) is 9.53 Å². The predicted octanol–water partition coefficient (Wildman–Crippen LogP) is -0.583. The Hall–Kier alpha value is -0.650. The summed E-state index contributed by atoms with van der Waals surface area (Å²) in [6.45, 7) is 6.27. The number of carbonyl (C=O) groups excluding carboxylic acids is 1. The first-order chi connectivity index (χ1) is 7.06. The van der Waals surface area contributed by atoms with Crippen LogP contribution in [0.25, 0.3) is 0 Å². The van der Waals surface area contributed by atoms with Crippen molar-refractivity contribution in [2.45, 2.75) is 25.9 Å². The summed E-state index contributed by atoms with van der Waals surface area (Å²) in [4.78, 5) is 13.2. The summed E-state index contributed by atoms with van der Waals surface area (Å²) >= 11 is 0. The summed E-state index contributed by atoms with van der Waals surface area (Å²) in [5.74, 6) is -0.319. The van der Waals surface area contributed by atoms with Crippen molar-refractivity contribution in [1.29, 1.82) is 0 Å². The first-order valence-corrected chi connectivity index (χ1v) is 5.26. The van der Waals surface area contributed by atoms with Gasteiger partial charge in [-0.2, -0.15) is 0 Å². The van der Waals surface area contributed by atoms with Gasteiger partial charge in [-0.05, 0) is 20.5 Å². The summed E-state index contributed by atoms with van der Waals surface area (Å²) in [6.07, 6.45) is 0. The van der Waals surface area contributed by atoms with E-state index in [9.17, 15) is 4.79 Å². The molecule has 0 aromatic heterocycles. The largest absolute Gasteiger partial charge is 0.383 e. The standard InChI is InChI=1S/C10H23N3O2/c1-5-13(8(2)7-15-4)6-9(12-3)10(11)14/h8-9,12H,5-7H2,1-4H3,(H2,11,14). The van der Waals surface area contributed by atoms with Gasteiger partial charge in [-0.1, -0.05) is 6.92 Å². The van der Waals surface area contributed by atoms with Crippen LogP contribution in [0.3, 0.4) is 0 Å². The van der Waals surface area contributed by atoms with E-state index in [2.05, 4.69) is 24.1 Å². The lowest BCUT2D eigenvalue weighted by molar-refractivity contribution is -0.120. The van der Waals surface area contributed by atoms with Gasteiger partial charge in [0, 0.05) is 19.7 Å². The number of nitrogens with two attached hydrogens (primary N) is 1. The summed E-state index contributed by atoms with van der Waals surface area (Å²) in [5, 5.41) is 2.91. The van der Waals surface area contributed by atoms with E-state index in [4.69, 9.17) is 10.5 Å². The molecule has 0 aromatic rings. The fourth-order valence-corrected chi connectivity index (χ4v) is 1.53. The van der Waals surface area contributed by atoms with Crippen LogP contribution in [0.5, 0.6) is 0 Å². The van der Waals surface area contributed by atoms with Crippen LogP contribution in [0.2, 0.25) is 0 Å². The number of rotatable bonds is 8. The Morgan fingerprint density at radius 2 is 2.20 bits per heavy atom. The maximum atomic E-state index is 11.1. The van der Waals surface area contributed by atoms with Crippen LogP contribution in [0.15, 0.2) is 0 Å². The Balaban J connectivity index is 4.22. The predicted molar refractivity (Wildman–Crippen MR) is 60.6 cm³/mol. The molecule has 0 aromatic carbocycles. The number of likely N-dealkylation sites (N-methyl/N-ethyl adjacent to an activating group) is 2. The van der Waals surface area contributed by atoms with Crippen LogP contribution in [0.4, 0.5) is 0 Å². The monoisotopic (exact) mass is 217 g/mol. The number of nitrogens with one attached hydrogen (secondary N) is 1. The second-order valence-electron chi connectivity index (χ2n) is 3.64. The lowest BCUT2D eigenvalue weighted by atomic mass is 10.2. The zero-order valence-corrected chi connectivity index (χ0v) is 10.1. The molecule has 0 aliphatic heterocycles. The van der Waals surface area contributed by atoms with Crippen molar-refractivity contribution in [3.63, 3.8) is 0 Å². The lowest BCUT2D eigenvalue weighted by Crippen LogP contribution is -2.50. The molecule has 90 valence electrons. The Bertz CT molecular complexity index is 188. The summed E-state index contributed by atoms with van der Waals surface area (Å²) in [6, 6.07) is -0.0144. The molecule has 0 rings (SSSR count). The van der Waals surface area contributed by atoms with Crippen molar-refractivity contribution in [1.82, 2.24) is 10.2 Å². The highest BCUT2D eigenvalue weighted by Gasteiger charge is 2.19. The topological polar surface area (TPSA) is 67.6 Å². The summed E-state index contributed by atoms with van der Waals surface area (Å²) in [7, 11) is 3.41. The van der Waals surface area contributed by atoms with Gasteiger partial charge in [0.1, 0.15) is 0 Å². The molecular formula is C10H23N3O2. The van der Waals surface area contributed by atoms with E-state index < -0.39 is 0 Å². The van der Waals surface area contributed by atoms with E-state index in [1.165, 1.54) is 0 Å². The Kier molecular flexibility index (Phi) is 7.29. The molecule has 2 atom stereocenters. The molecule has 5 nitrogen and oxygen atoms in total. The number of hydrogen-bond donors (Lipinski definition) is 2. The molecule has 5 heteroatoms. The highest BCUT2D eigenvalue weighted by Crippen LogP contribution is 2.00. The first kappa shape index (κ1) is 14.3. The SMILES string of the molecule is CCN(CC(NC)C(N)=O)C(C)COC. The van der Waals surface area contributed by atoms with Crippen molar-refractivity contribution < 1.29 is 9.53 Å². The van der Waals surface area contributed by atoms with Crippen LogP contribution in [0, 0.1) is 0 Å². The van der Waals surface area contributed by atoms with Gasteiger partial charge in [-0.25, -0.2) is 0 Å². The minimum atomic E-state index is -0.319. The van der Waals surface area contributed by atoms with Crippen LogP contribution < -0.4 is 11.1 Å². The number of carbonyl (C=O) groups is 1. The average Bonchev–Trinajstić information content (AvgIpc) is 2.19. The van der Waals surface area contributed by atoms with Gasteiger partial charge in [0.25, 0.3) is 0 Å². The van der Waals surface area contributed by atoms with Gasteiger partial charge in [-0.15, -0.1) is 0 Å². The van der Waals surface area contributed by atoms with Crippen molar-refractivity contribution >= 4 is 5.91 Å². The van der Waals surface area contributed by atoms with Crippen LogP contribution in [0.1, 0.15) is 13.8 Å². The first-order valence-electron chi connectivity index (χ1n) is 5.26. The maximum absolute atomic E-state index is 11.1. The molecule has 3 N–H and O–H groups in total. The normalized spacial score (nSPS) is 15.3. The van der Waals surface area contributed by atoms with Crippen LogP contribution >= 0.6 is 0 Å². The molecule has 0 aliphatic rings. The third kappa shape index (κ3) is 5.11.